The zero-order chi connectivity index (χ0) is 15.4. The average Bonchev–Trinajstić information content (AvgIpc) is 2.47. The first-order valence-electron chi connectivity index (χ1n) is 7.46. The summed E-state index contributed by atoms with van der Waals surface area (Å²) < 4.78 is 0. The van der Waals surface area contributed by atoms with E-state index in [1.54, 1.807) is 0 Å². The number of carbonyl (C=O) groups excluding carboxylic acids is 1. The van der Waals surface area contributed by atoms with Gasteiger partial charge >= 0.3 is 0 Å². The van der Waals surface area contributed by atoms with Gasteiger partial charge in [-0.3, -0.25) is 4.79 Å². The second kappa shape index (κ2) is 6.57. The highest BCUT2D eigenvalue weighted by molar-refractivity contribution is 6.01. The zero-order valence-electron chi connectivity index (χ0n) is 13.2. The number of anilines is 1. The lowest BCUT2D eigenvalue weighted by Gasteiger charge is -2.21. The van der Waals surface area contributed by atoms with E-state index in [0.717, 1.165) is 17.7 Å². The van der Waals surface area contributed by atoms with Gasteiger partial charge in [0.15, 0.2) is 5.78 Å². The first-order valence-corrected chi connectivity index (χ1v) is 7.46. The van der Waals surface area contributed by atoms with Crippen molar-refractivity contribution in [3.8, 4) is 0 Å². The summed E-state index contributed by atoms with van der Waals surface area (Å²) in [6.45, 7) is 8.30. The molecule has 1 N–H and O–H groups in total. The van der Waals surface area contributed by atoms with Crippen molar-refractivity contribution in [3.05, 3.63) is 64.7 Å². The monoisotopic (exact) mass is 281 g/mol. The van der Waals surface area contributed by atoms with Gasteiger partial charge in [-0.25, -0.2) is 0 Å². The van der Waals surface area contributed by atoms with Crippen LogP contribution in [0.4, 0.5) is 5.69 Å². The van der Waals surface area contributed by atoms with Crippen LogP contribution in [0.1, 0.15) is 40.4 Å². The van der Waals surface area contributed by atoms with Crippen LogP contribution in [0.25, 0.3) is 0 Å². The molecule has 21 heavy (non-hydrogen) atoms. The van der Waals surface area contributed by atoms with Gasteiger partial charge in [0.1, 0.15) is 0 Å². The topological polar surface area (TPSA) is 29.1 Å². The molecule has 0 fully saturated rings. The lowest BCUT2D eigenvalue weighted by molar-refractivity contribution is 0.0968. The average molecular weight is 281 g/mol. The van der Waals surface area contributed by atoms with Crippen molar-refractivity contribution >= 4 is 11.5 Å². The molecule has 1 atom stereocenters. The van der Waals surface area contributed by atoms with Crippen LogP contribution in [0.2, 0.25) is 0 Å². The standard InChI is InChI=1S/C19H23NO/c1-5-17(19(21)16-9-7-6-8-10-16)20-18-14(3)11-13(2)12-15(18)4/h6-12,17,20H,5H2,1-4H3. The predicted molar refractivity (Wildman–Crippen MR) is 89.1 cm³/mol. The maximum Gasteiger partial charge on any atom is 0.184 e. The van der Waals surface area contributed by atoms with Gasteiger partial charge in [0.25, 0.3) is 0 Å². The zero-order valence-corrected chi connectivity index (χ0v) is 13.2. The van der Waals surface area contributed by atoms with Crippen molar-refractivity contribution in [1.29, 1.82) is 0 Å². The van der Waals surface area contributed by atoms with Gasteiger partial charge in [-0.15, -0.1) is 0 Å². The maximum atomic E-state index is 12.6. The summed E-state index contributed by atoms with van der Waals surface area (Å²) in [4.78, 5) is 12.6. The maximum absolute atomic E-state index is 12.6. The molecule has 0 saturated heterocycles. The van der Waals surface area contributed by atoms with Gasteiger partial charge in [-0.1, -0.05) is 55.0 Å². The Kier molecular flexibility index (Phi) is 4.79. The normalized spacial score (nSPS) is 12.0. The molecule has 2 heteroatoms. The highest BCUT2D eigenvalue weighted by Crippen LogP contribution is 2.24. The van der Waals surface area contributed by atoms with Gasteiger partial charge in [0, 0.05) is 11.3 Å². The second-order valence-corrected chi connectivity index (χ2v) is 5.61. The Morgan fingerprint density at radius 3 is 2.14 bits per heavy atom. The number of benzene rings is 2. The van der Waals surface area contributed by atoms with Gasteiger partial charge < -0.3 is 5.32 Å². The molecular formula is C19H23NO. The summed E-state index contributed by atoms with van der Waals surface area (Å²) in [5.74, 6) is 0.150. The van der Waals surface area contributed by atoms with E-state index < -0.39 is 0 Å². The molecule has 0 spiro atoms. The summed E-state index contributed by atoms with van der Waals surface area (Å²) >= 11 is 0. The molecule has 0 heterocycles. The van der Waals surface area contributed by atoms with E-state index in [1.807, 2.05) is 37.3 Å². The summed E-state index contributed by atoms with van der Waals surface area (Å²) in [5.41, 5.74) is 5.47. The summed E-state index contributed by atoms with van der Waals surface area (Å²) in [6.07, 6.45) is 0.764. The van der Waals surface area contributed by atoms with Crippen LogP contribution in [0.5, 0.6) is 0 Å². The van der Waals surface area contributed by atoms with Gasteiger partial charge in [-0.2, -0.15) is 0 Å². The fourth-order valence-corrected chi connectivity index (χ4v) is 2.74. The van der Waals surface area contributed by atoms with Gasteiger partial charge in [0.05, 0.1) is 6.04 Å². The lowest BCUT2D eigenvalue weighted by atomic mass is 9.99. The van der Waals surface area contributed by atoms with Crippen LogP contribution in [-0.4, -0.2) is 11.8 Å². The molecule has 0 saturated carbocycles. The Labute approximate surface area is 127 Å². The number of hydrogen-bond donors (Lipinski definition) is 1. The number of hydrogen-bond acceptors (Lipinski definition) is 2. The van der Waals surface area contributed by atoms with Crippen LogP contribution in [0.15, 0.2) is 42.5 Å². The Morgan fingerprint density at radius 1 is 1.05 bits per heavy atom. The number of ketones is 1. The Hall–Kier alpha value is -2.09. The Morgan fingerprint density at radius 2 is 1.62 bits per heavy atom. The molecule has 0 aliphatic rings. The third-order valence-electron chi connectivity index (χ3n) is 3.78. The van der Waals surface area contributed by atoms with Gasteiger partial charge in [-0.05, 0) is 38.3 Å². The largest absolute Gasteiger partial charge is 0.375 e. The molecule has 0 aliphatic carbocycles. The minimum Gasteiger partial charge on any atom is -0.375 e. The highest BCUT2D eigenvalue weighted by atomic mass is 16.1. The van der Waals surface area contributed by atoms with E-state index in [0.29, 0.717) is 0 Å². The molecule has 2 nitrogen and oxygen atoms in total. The molecule has 1 unspecified atom stereocenters. The van der Waals surface area contributed by atoms with Crippen molar-refractivity contribution < 1.29 is 4.79 Å². The number of carbonyl (C=O) groups is 1. The van der Waals surface area contributed by atoms with Crippen LogP contribution < -0.4 is 5.32 Å². The number of rotatable bonds is 5. The minimum atomic E-state index is -0.187. The first kappa shape index (κ1) is 15.3. The number of nitrogens with one attached hydrogen (secondary N) is 1. The van der Waals surface area contributed by atoms with E-state index >= 15 is 0 Å². The lowest BCUT2D eigenvalue weighted by Crippen LogP contribution is -2.29. The van der Waals surface area contributed by atoms with E-state index in [2.05, 4.69) is 38.2 Å². The van der Waals surface area contributed by atoms with Crippen molar-refractivity contribution in [2.75, 3.05) is 5.32 Å². The molecule has 0 bridgehead atoms. The van der Waals surface area contributed by atoms with Crippen LogP contribution in [-0.2, 0) is 0 Å². The third kappa shape index (κ3) is 3.52. The molecule has 0 aliphatic heterocycles. The molecule has 110 valence electrons. The fraction of sp³-hybridized carbons (Fsp3) is 0.316. The predicted octanol–water partition coefficient (Wildman–Crippen LogP) is 4.69. The Balaban J connectivity index is 2.26. The molecule has 0 amide bonds. The Bertz CT molecular complexity index is 608. The third-order valence-corrected chi connectivity index (χ3v) is 3.78. The summed E-state index contributed by atoms with van der Waals surface area (Å²) in [5, 5.41) is 3.44. The minimum absolute atomic E-state index is 0.150. The van der Waals surface area contributed by atoms with Crippen molar-refractivity contribution in [2.24, 2.45) is 0 Å². The molecular weight excluding hydrogens is 258 g/mol. The van der Waals surface area contributed by atoms with Gasteiger partial charge in [0.2, 0.25) is 0 Å². The van der Waals surface area contributed by atoms with E-state index in [1.165, 1.54) is 16.7 Å². The summed E-state index contributed by atoms with van der Waals surface area (Å²) in [6, 6.07) is 13.6. The van der Waals surface area contributed by atoms with E-state index in [4.69, 9.17) is 0 Å². The van der Waals surface area contributed by atoms with E-state index in [9.17, 15) is 4.79 Å². The van der Waals surface area contributed by atoms with Crippen LogP contribution >= 0.6 is 0 Å². The quantitative estimate of drug-likeness (QED) is 0.806. The van der Waals surface area contributed by atoms with Crippen molar-refractivity contribution in [1.82, 2.24) is 0 Å². The van der Waals surface area contributed by atoms with Crippen molar-refractivity contribution in [2.45, 2.75) is 40.2 Å². The number of aryl methyl sites for hydroxylation is 3. The molecule has 0 aromatic heterocycles. The molecule has 2 aromatic carbocycles. The number of Topliss-reactive ketones (excluding diaryl/α,β-unsaturated/α-hetero) is 1. The van der Waals surface area contributed by atoms with Crippen molar-refractivity contribution in [3.63, 3.8) is 0 Å². The second-order valence-electron chi connectivity index (χ2n) is 5.61. The highest BCUT2D eigenvalue weighted by Gasteiger charge is 2.19. The molecule has 0 radical (unpaired) electrons. The first-order chi connectivity index (χ1) is 10.0. The van der Waals surface area contributed by atoms with Crippen LogP contribution in [0, 0.1) is 20.8 Å². The fourth-order valence-electron chi connectivity index (χ4n) is 2.74. The molecule has 2 aromatic rings. The summed E-state index contributed by atoms with van der Waals surface area (Å²) in [7, 11) is 0. The van der Waals surface area contributed by atoms with E-state index in [-0.39, 0.29) is 11.8 Å². The molecule has 2 rings (SSSR count). The van der Waals surface area contributed by atoms with Crippen LogP contribution in [0.3, 0.4) is 0 Å². The smallest absolute Gasteiger partial charge is 0.184 e. The SMILES string of the molecule is CCC(Nc1c(C)cc(C)cc1C)C(=O)c1ccccc1.